The van der Waals surface area contributed by atoms with Gasteiger partial charge in [0.2, 0.25) is 0 Å². The van der Waals surface area contributed by atoms with Gasteiger partial charge in [0.15, 0.2) is 6.10 Å². The quantitative estimate of drug-likeness (QED) is 0.0182. The first kappa shape index (κ1) is 52.2. The number of hydrogen-bond acceptors (Lipinski definition) is 9. The van der Waals surface area contributed by atoms with Crippen molar-refractivity contribution < 1.29 is 47.8 Å². The van der Waals surface area contributed by atoms with Crippen LogP contribution >= 0.6 is 7.82 Å². The lowest BCUT2D eigenvalue weighted by Crippen LogP contribution is -2.29. The van der Waals surface area contributed by atoms with Crippen molar-refractivity contribution in [2.24, 2.45) is 0 Å². The molecule has 0 aliphatic heterocycles. The lowest BCUT2D eigenvalue weighted by atomic mass is 10.1. The van der Waals surface area contributed by atoms with E-state index in [-0.39, 0.29) is 19.4 Å². The molecule has 1 unspecified atom stereocenters. The second kappa shape index (κ2) is 39.4. The Bertz CT molecular complexity index is 1190. The molecule has 0 aromatic carbocycles. The van der Waals surface area contributed by atoms with Crippen LogP contribution in [0.2, 0.25) is 0 Å². The number of unbranched alkanes of at least 4 members (excludes halogenated alkanes) is 10. The first-order valence-corrected chi connectivity index (χ1v) is 22.1. The van der Waals surface area contributed by atoms with Crippen molar-refractivity contribution in [3.05, 3.63) is 85.1 Å². The zero-order valence-corrected chi connectivity index (χ0v) is 34.7. The van der Waals surface area contributed by atoms with E-state index in [2.05, 4.69) is 91.3 Å². The predicted molar refractivity (Wildman–Crippen MR) is 223 cm³/mol. The number of carbonyl (C=O) groups excluding carboxylic acids is 2. The van der Waals surface area contributed by atoms with Crippen LogP contribution < -0.4 is 0 Å². The van der Waals surface area contributed by atoms with Crippen molar-refractivity contribution in [2.45, 2.75) is 154 Å². The van der Waals surface area contributed by atoms with Crippen molar-refractivity contribution in [1.82, 2.24) is 0 Å². The molecule has 0 heterocycles. The van der Waals surface area contributed by atoms with Crippen LogP contribution in [0.25, 0.3) is 0 Å². The molecule has 0 aromatic rings. The van der Waals surface area contributed by atoms with E-state index in [9.17, 15) is 24.2 Å². The lowest BCUT2D eigenvalue weighted by molar-refractivity contribution is -0.161. The van der Waals surface area contributed by atoms with Gasteiger partial charge < -0.3 is 24.6 Å². The highest BCUT2D eigenvalue weighted by atomic mass is 31.2. The maximum Gasteiger partial charge on any atom is 0.472 e. The van der Waals surface area contributed by atoms with Gasteiger partial charge in [-0.3, -0.25) is 18.6 Å². The van der Waals surface area contributed by atoms with Crippen molar-refractivity contribution in [3.63, 3.8) is 0 Å². The first-order valence-electron chi connectivity index (χ1n) is 20.6. The normalized spacial score (nSPS) is 14.8. The van der Waals surface area contributed by atoms with Gasteiger partial charge in [-0.15, -0.1) is 0 Å². The van der Waals surface area contributed by atoms with Gasteiger partial charge in [0, 0.05) is 12.8 Å². The zero-order valence-electron chi connectivity index (χ0n) is 33.9. The summed E-state index contributed by atoms with van der Waals surface area (Å²) in [7, 11) is -4.64. The molecule has 0 radical (unpaired) electrons. The average molecular weight is 793 g/mol. The molecule has 55 heavy (non-hydrogen) atoms. The number of aliphatic hydroxyl groups excluding tert-OH is 2. The van der Waals surface area contributed by atoms with E-state index in [0.717, 1.165) is 70.6 Å². The summed E-state index contributed by atoms with van der Waals surface area (Å²) in [4.78, 5) is 34.9. The highest BCUT2D eigenvalue weighted by Crippen LogP contribution is 2.43. The van der Waals surface area contributed by atoms with Crippen molar-refractivity contribution in [1.29, 1.82) is 0 Å². The molecular weight excluding hydrogens is 719 g/mol. The molecule has 0 amide bonds. The number of rotatable bonds is 37. The van der Waals surface area contributed by atoms with Crippen molar-refractivity contribution in [3.8, 4) is 0 Å². The molecule has 314 valence electrons. The molecular formula is C44H73O10P. The minimum atomic E-state index is -4.64. The Hall–Kier alpha value is -2.85. The number of esters is 2. The van der Waals surface area contributed by atoms with E-state index in [1.807, 2.05) is 12.2 Å². The van der Waals surface area contributed by atoms with E-state index in [1.54, 1.807) is 0 Å². The van der Waals surface area contributed by atoms with Gasteiger partial charge in [-0.1, -0.05) is 137 Å². The fourth-order valence-electron chi connectivity index (χ4n) is 4.90. The van der Waals surface area contributed by atoms with Gasteiger partial charge in [-0.25, -0.2) is 4.57 Å². The zero-order chi connectivity index (χ0) is 40.5. The summed E-state index contributed by atoms with van der Waals surface area (Å²) in [6, 6.07) is 0. The van der Waals surface area contributed by atoms with Gasteiger partial charge >= 0.3 is 19.8 Å². The second-order valence-corrected chi connectivity index (χ2v) is 14.8. The van der Waals surface area contributed by atoms with Crippen LogP contribution in [-0.2, 0) is 32.7 Å². The fourth-order valence-corrected chi connectivity index (χ4v) is 5.69. The molecule has 10 nitrogen and oxygen atoms in total. The molecule has 0 fully saturated rings. The Labute approximate surface area is 332 Å². The summed E-state index contributed by atoms with van der Waals surface area (Å²) < 4.78 is 32.6. The Morgan fingerprint density at radius 3 is 1.65 bits per heavy atom. The number of phosphoric ester groups is 1. The molecule has 0 spiro atoms. The third-order valence-corrected chi connectivity index (χ3v) is 9.01. The molecule has 3 N–H and O–H groups in total. The largest absolute Gasteiger partial charge is 0.472 e. The van der Waals surface area contributed by atoms with Crippen LogP contribution in [0.5, 0.6) is 0 Å². The molecule has 0 saturated carbocycles. The highest BCUT2D eigenvalue weighted by molar-refractivity contribution is 7.47. The minimum absolute atomic E-state index is 0.0976. The van der Waals surface area contributed by atoms with E-state index in [4.69, 9.17) is 19.1 Å². The molecule has 11 heteroatoms. The van der Waals surface area contributed by atoms with Gasteiger partial charge in [0.05, 0.1) is 19.8 Å². The standard InChI is InChI=1S/C44H73O10P/c1-3-5-7-9-11-13-15-17-19-20-22-24-26-28-30-32-34-36-44(48)54-42(40-53-55(49,50)52-38-41(46)37-45)39-51-43(47)35-33-31-29-27-25-23-21-18-16-14-12-10-8-6-4-2/h5,7,11,13-14,16-19,21-22,24,28,30,41-42,45-46H,3-4,6,8-10,12,15,20,23,25-27,29,31-40H2,1-2H3,(H,49,50)/b7-5+,13-11+,16-14+,19-17+,21-18+,24-22+,30-28+/t41-,42+/m0/s1. The lowest BCUT2D eigenvalue weighted by Gasteiger charge is -2.20. The van der Waals surface area contributed by atoms with Crippen molar-refractivity contribution in [2.75, 3.05) is 26.4 Å². The number of ether oxygens (including phenoxy) is 2. The number of carbonyl (C=O) groups is 2. The highest BCUT2D eigenvalue weighted by Gasteiger charge is 2.27. The van der Waals surface area contributed by atoms with Crippen LogP contribution in [0, 0.1) is 0 Å². The summed E-state index contributed by atoms with van der Waals surface area (Å²) in [5, 5.41) is 18.3. The molecule has 0 saturated heterocycles. The molecule has 3 atom stereocenters. The average Bonchev–Trinajstić information content (AvgIpc) is 3.17. The topological polar surface area (TPSA) is 149 Å². The number of aliphatic hydroxyl groups is 2. The van der Waals surface area contributed by atoms with E-state index in [0.29, 0.717) is 19.3 Å². The number of phosphoric acid groups is 1. The maximum atomic E-state index is 12.6. The molecule has 0 aromatic heterocycles. The first-order chi connectivity index (χ1) is 26.7. The monoisotopic (exact) mass is 792 g/mol. The summed E-state index contributed by atoms with van der Waals surface area (Å²) in [6.45, 7) is 2.13. The summed E-state index contributed by atoms with van der Waals surface area (Å²) in [6.07, 6.45) is 45.5. The SMILES string of the molecule is CC/C=C/C/C=C/C/C=C/C/C=C/C/C=C/CCCC(=O)O[C@H](COC(=O)CCCCCCC/C=C/C=C/CCCCCC)COP(=O)(O)OC[C@@H](O)CO. The smallest absolute Gasteiger partial charge is 0.462 e. The van der Waals surface area contributed by atoms with Gasteiger partial charge in [-0.2, -0.15) is 0 Å². The summed E-state index contributed by atoms with van der Waals surface area (Å²) in [5.41, 5.74) is 0. The van der Waals surface area contributed by atoms with E-state index < -0.39 is 51.8 Å². The fraction of sp³-hybridized carbons (Fsp3) is 0.636. The number of allylic oxidation sites excluding steroid dienone is 14. The van der Waals surface area contributed by atoms with Crippen LogP contribution in [0.4, 0.5) is 0 Å². The number of hydrogen-bond donors (Lipinski definition) is 3. The predicted octanol–water partition coefficient (Wildman–Crippen LogP) is 10.7. The summed E-state index contributed by atoms with van der Waals surface area (Å²) >= 11 is 0. The van der Waals surface area contributed by atoms with Gasteiger partial charge in [-0.05, 0) is 77.0 Å². The van der Waals surface area contributed by atoms with E-state index in [1.165, 1.54) is 25.7 Å². The van der Waals surface area contributed by atoms with Crippen molar-refractivity contribution >= 4 is 19.8 Å². The second-order valence-electron chi connectivity index (χ2n) is 13.3. The molecule has 0 bridgehead atoms. The Balaban J connectivity index is 4.48. The van der Waals surface area contributed by atoms with Crippen LogP contribution in [0.1, 0.15) is 142 Å². The summed E-state index contributed by atoms with van der Waals surface area (Å²) in [5.74, 6) is -1.02. The van der Waals surface area contributed by atoms with Gasteiger partial charge in [0.1, 0.15) is 12.7 Å². The Morgan fingerprint density at radius 1 is 0.582 bits per heavy atom. The third kappa shape index (κ3) is 39.2. The van der Waals surface area contributed by atoms with Crippen LogP contribution in [-0.4, -0.2) is 65.7 Å². The maximum absolute atomic E-state index is 12.6. The molecule has 0 rings (SSSR count). The third-order valence-electron chi connectivity index (χ3n) is 8.06. The molecule has 0 aliphatic carbocycles. The minimum Gasteiger partial charge on any atom is -0.462 e. The van der Waals surface area contributed by atoms with E-state index >= 15 is 0 Å². The van der Waals surface area contributed by atoms with Crippen LogP contribution in [0.15, 0.2) is 85.1 Å². The Morgan fingerprint density at radius 2 is 1.07 bits per heavy atom. The van der Waals surface area contributed by atoms with Crippen LogP contribution in [0.3, 0.4) is 0 Å². The van der Waals surface area contributed by atoms with Gasteiger partial charge in [0.25, 0.3) is 0 Å². The molecule has 0 aliphatic rings. The Kier molecular flexibility index (Phi) is 37.3.